The summed E-state index contributed by atoms with van der Waals surface area (Å²) in [7, 11) is -3.08. The van der Waals surface area contributed by atoms with Gasteiger partial charge >= 0.3 is 10.4 Å². The lowest BCUT2D eigenvalue weighted by molar-refractivity contribution is 0.387. The Labute approximate surface area is 115 Å². The minimum Gasteiger partial charge on any atom is -0.399 e. The molecule has 0 aliphatic heterocycles. The number of nitrogens with zero attached hydrogens (tertiary/aromatic N) is 2. The number of nitrogens with two attached hydrogens (primary N) is 2. The monoisotopic (exact) mass is 299 g/mol. The number of anilines is 4. The minimum atomic E-state index is -4.64. The molecule has 9 nitrogen and oxygen atoms in total. The number of benzene rings is 1. The fourth-order valence-electron chi connectivity index (χ4n) is 1.55. The Balaban J connectivity index is 2.33. The first-order chi connectivity index (χ1) is 9.24. The van der Waals surface area contributed by atoms with Gasteiger partial charge < -0.3 is 21.0 Å². The summed E-state index contributed by atoms with van der Waals surface area (Å²) in [5.74, 6) is -0.0761. The second-order valence-corrected chi connectivity index (χ2v) is 5.02. The first-order valence-electron chi connectivity index (χ1n) is 5.37. The molecular formula is C10H13N5O4S. The highest BCUT2D eigenvalue weighted by Gasteiger charge is 2.16. The second kappa shape index (κ2) is 4.90. The van der Waals surface area contributed by atoms with Crippen LogP contribution in [0.2, 0.25) is 0 Å². The van der Waals surface area contributed by atoms with E-state index < -0.39 is 10.4 Å². The van der Waals surface area contributed by atoms with Gasteiger partial charge in [0.1, 0.15) is 0 Å². The van der Waals surface area contributed by atoms with Crippen molar-refractivity contribution in [3.63, 3.8) is 0 Å². The quantitative estimate of drug-likeness (QED) is 0.472. The van der Waals surface area contributed by atoms with Crippen molar-refractivity contribution in [2.45, 2.75) is 0 Å². The van der Waals surface area contributed by atoms with Gasteiger partial charge in [-0.25, -0.2) is 0 Å². The summed E-state index contributed by atoms with van der Waals surface area (Å²) in [4.78, 5) is 0. The van der Waals surface area contributed by atoms with E-state index in [0.717, 1.165) is 0 Å². The van der Waals surface area contributed by atoms with Gasteiger partial charge in [0.05, 0.1) is 17.6 Å². The zero-order valence-corrected chi connectivity index (χ0v) is 11.3. The van der Waals surface area contributed by atoms with E-state index >= 15 is 0 Å². The Morgan fingerprint density at radius 2 is 2.10 bits per heavy atom. The van der Waals surface area contributed by atoms with Gasteiger partial charge in [-0.3, -0.25) is 9.23 Å². The van der Waals surface area contributed by atoms with Crippen molar-refractivity contribution < 1.29 is 17.2 Å². The third-order valence-electron chi connectivity index (χ3n) is 2.32. The molecule has 0 saturated heterocycles. The molecule has 0 amide bonds. The molecule has 108 valence electrons. The molecule has 1 aromatic heterocycles. The second-order valence-electron chi connectivity index (χ2n) is 4.00. The van der Waals surface area contributed by atoms with Crippen LogP contribution in [0, 0.1) is 0 Å². The van der Waals surface area contributed by atoms with Crippen molar-refractivity contribution in [2.24, 2.45) is 7.05 Å². The highest BCUT2D eigenvalue weighted by molar-refractivity contribution is 7.81. The highest BCUT2D eigenvalue weighted by atomic mass is 32.3. The smallest absolute Gasteiger partial charge is 0.399 e. The molecule has 0 saturated carbocycles. The van der Waals surface area contributed by atoms with E-state index in [1.165, 1.54) is 16.9 Å². The molecule has 1 aromatic carbocycles. The topological polar surface area (TPSA) is 145 Å². The van der Waals surface area contributed by atoms with E-state index in [4.69, 9.17) is 16.0 Å². The van der Waals surface area contributed by atoms with Crippen LogP contribution in [-0.4, -0.2) is 22.8 Å². The van der Waals surface area contributed by atoms with E-state index in [1.807, 2.05) is 0 Å². The van der Waals surface area contributed by atoms with Crippen LogP contribution in [-0.2, 0) is 17.4 Å². The third-order valence-corrected chi connectivity index (χ3v) is 2.71. The van der Waals surface area contributed by atoms with E-state index in [0.29, 0.717) is 17.1 Å². The minimum absolute atomic E-state index is 0.0848. The van der Waals surface area contributed by atoms with E-state index in [-0.39, 0.29) is 11.6 Å². The molecule has 0 spiro atoms. The largest absolute Gasteiger partial charge is 0.446 e. The summed E-state index contributed by atoms with van der Waals surface area (Å²) >= 11 is 0. The highest BCUT2D eigenvalue weighted by Crippen LogP contribution is 2.30. The zero-order chi connectivity index (χ0) is 14.9. The van der Waals surface area contributed by atoms with Gasteiger partial charge in [0.25, 0.3) is 0 Å². The molecule has 0 bridgehead atoms. The molecule has 0 radical (unpaired) electrons. The maximum Gasteiger partial charge on any atom is 0.446 e. The van der Waals surface area contributed by atoms with Crippen LogP contribution in [0.4, 0.5) is 22.9 Å². The Morgan fingerprint density at radius 1 is 1.40 bits per heavy atom. The number of nitrogen functional groups attached to an aromatic ring is 2. The number of rotatable bonds is 4. The molecule has 0 unspecified atom stereocenters. The van der Waals surface area contributed by atoms with Crippen molar-refractivity contribution in [3.05, 3.63) is 24.4 Å². The lowest BCUT2D eigenvalue weighted by atomic mass is 10.2. The molecule has 2 aromatic rings. The number of nitrogens with one attached hydrogen (secondary N) is 1. The van der Waals surface area contributed by atoms with Gasteiger partial charge in [0.2, 0.25) is 5.75 Å². The number of aromatic nitrogens is 2. The summed E-state index contributed by atoms with van der Waals surface area (Å²) in [6.07, 6.45) is 1.28. The molecule has 0 atom stereocenters. The van der Waals surface area contributed by atoms with Gasteiger partial charge in [-0.1, -0.05) is 0 Å². The van der Waals surface area contributed by atoms with Crippen molar-refractivity contribution in [2.75, 3.05) is 16.8 Å². The summed E-state index contributed by atoms with van der Waals surface area (Å²) < 4.78 is 35.9. The maximum absolute atomic E-state index is 10.8. The van der Waals surface area contributed by atoms with Gasteiger partial charge in [-0.15, -0.1) is 0 Å². The molecular weight excluding hydrogens is 286 g/mol. The van der Waals surface area contributed by atoms with Crippen LogP contribution in [0.15, 0.2) is 24.4 Å². The Hall–Kier alpha value is -2.46. The van der Waals surface area contributed by atoms with Crippen LogP contribution in [0.25, 0.3) is 0 Å². The zero-order valence-electron chi connectivity index (χ0n) is 10.4. The SMILES string of the molecule is Cn1cc(OS(=O)(=O)O)c(Nc2ccc(N)cc2N)n1. The molecule has 0 aliphatic carbocycles. The van der Waals surface area contributed by atoms with Crippen molar-refractivity contribution in [1.82, 2.24) is 9.78 Å². The van der Waals surface area contributed by atoms with Crippen LogP contribution < -0.4 is 21.0 Å². The molecule has 0 fully saturated rings. The molecule has 1 heterocycles. The number of hydrogen-bond acceptors (Lipinski definition) is 7. The Bertz CT molecular complexity index is 740. The summed E-state index contributed by atoms with van der Waals surface area (Å²) in [6.45, 7) is 0. The summed E-state index contributed by atoms with van der Waals surface area (Å²) in [5.41, 5.74) is 12.7. The van der Waals surface area contributed by atoms with E-state index in [2.05, 4.69) is 14.6 Å². The lowest BCUT2D eigenvalue weighted by Crippen LogP contribution is -2.07. The Morgan fingerprint density at radius 3 is 2.70 bits per heavy atom. The van der Waals surface area contributed by atoms with Crippen LogP contribution in [0.3, 0.4) is 0 Å². The van der Waals surface area contributed by atoms with E-state index in [9.17, 15) is 8.42 Å². The fraction of sp³-hybridized carbons (Fsp3) is 0.100. The van der Waals surface area contributed by atoms with Crippen molar-refractivity contribution >= 4 is 33.3 Å². The van der Waals surface area contributed by atoms with Gasteiger partial charge in [0.15, 0.2) is 5.82 Å². The molecule has 10 heteroatoms. The van der Waals surface area contributed by atoms with Crippen molar-refractivity contribution in [3.8, 4) is 5.75 Å². The third kappa shape index (κ3) is 3.30. The maximum atomic E-state index is 10.8. The Kier molecular flexibility index (Phi) is 3.42. The summed E-state index contributed by atoms with van der Waals surface area (Å²) in [5, 5.41) is 6.77. The lowest BCUT2D eigenvalue weighted by Gasteiger charge is -2.08. The summed E-state index contributed by atoms with van der Waals surface area (Å²) in [6, 6.07) is 4.76. The predicted molar refractivity (Wildman–Crippen MR) is 73.9 cm³/mol. The molecule has 0 aliphatic rings. The van der Waals surface area contributed by atoms with Crippen LogP contribution in [0.5, 0.6) is 5.75 Å². The van der Waals surface area contributed by atoms with Crippen molar-refractivity contribution in [1.29, 1.82) is 0 Å². The first-order valence-corrected chi connectivity index (χ1v) is 6.73. The molecule has 6 N–H and O–H groups in total. The standard InChI is InChI=1S/C10H13N5O4S/c1-15-5-9(19-20(16,17)18)10(14-15)13-8-3-2-6(11)4-7(8)12/h2-5H,11-12H2,1H3,(H,13,14)(H,16,17,18). The van der Waals surface area contributed by atoms with Crippen LogP contribution in [0.1, 0.15) is 0 Å². The number of hydrogen-bond donors (Lipinski definition) is 4. The fourth-order valence-corrected chi connectivity index (χ4v) is 1.90. The first kappa shape index (κ1) is 14.0. The molecule has 2 rings (SSSR count). The van der Waals surface area contributed by atoms with Crippen LogP contribution >= 0.6 is 0 Å². The van der Waals surface area contributed by atoms with E-state index in [1.54, 1.807) is 19.2 Å². The van der Waals surface area contributed by atoms with Gasteiger partial charge in [-0.05, 0) is 18.2 Å². The molecule has 20 heavy (non-hydrogen) atoms. The normalized spacial score (nSPS) is 11.3. The van der Waals surface area contributed by atoms with Gasteiger partial charge in [0, 0.05) is 12.7 Å². The number of aryl methyl sites for hydroxylation is 1. The average Bonchev–Trinajstić information content (AvgIpc) is 2.60. The average molecular weight is 299 g/mol. The predicted octanol–water partition coefficient (Wildman–Crippen LogP) is 0.510. The van der Waals surface area contributed by atoms with Gasteiger partial charge in [-0.2, -0.15) is 13.5 Å².